The second-order valence-electron chi connectivity index (χ2n) is 4.92. The van der Waals surface area contributed by atoms with Gasteiger partial charge in [0.05, 0.1) is 6.20 Å². The molecule has 1 aromatic rings. The molecule has 0 amide bonds. The maximum atomic E-state index is 6.19. The predicted molar refractivity (Wildman–Crippen MR) is 61.4 cm³/mol. The highest BCUT2D eigenvalue weighted by Crippen LogP contribution is 2.38. The number of hydrogen-bond acceptors (Lipinski definition) is 2. The minimum Gasteiger partial charge on any atom is -0.327 e. The average molecular weight is 207 g/mol. The van der Waals surface area contributed by atoms with Crippen molar-refractivity contribution in [3.8, 4) is 0 Å². The van der Waals surface area contributed by atoms with Gasteiger partial charge in [0.25, 0.3) is 0 Å². The zero-order chi connectivity index (χ0) is 10.8. The lowest BCUT2D eigenvalue weighted by atomic mass is 9.93. The summed E-state index contributed by atoms with van der Waals surface area (Å²) in [4.78, 5) is 0. The third-order valence-electron chi connectivity index (χ3n) is 3.57. The highest BCUT2D eigenvalue weighted by Gasteiger charge is 2.31. The Morgan fingerprint density at radius 1 is 1.60 bits per heavy atom. The Morgan fingerprint density at radius 3 is 2.87 bits per heavy atom. The molecule has 1 fully saturated rings. The van der Waals surface area contributed by atoms with E-state index in [1.165, 1.54) is 18.4 Å². The second kappa shape index (κ2) is 4.35. The lowest BCUT2D eigenvalue weighted by molar-refractivity contribution is 0.388. The van der Waals surface area contributed by atoms with Crippen molar-refractivity contribution >= 4 is 0 Å². The van der Waals surface area contributed by atoms with Crippen LogP contribution >= 0.6 is 0 Å². The van der Waals surface area contributed by atoms with E-state index < -0.39 is 0 Å². The van der Waals surface area contributed by atoms with Gasteiger partial charge in [0.2, 0.25) is 0 Å². The number of nitrogens with zero attached hydrogens (tertiary/aromatic N) is 2. The molecule has 2 N–H and O–H groups in total. The first-order valence-electron chi connectivity index (χ1n) is 5.90. The van der Waals surface area contributed by atoms with Gasteiger partial charge in [-0.1, -0.05) is 6.92 Å². The van der Waals surface area contributed by atoms with Crippen molar-refractivity contribution in [3.63, 3.8) is 0 Å². The summed E-state index contributed by atoms with van der Waals surface area (Å²) >= 11 is 0. The van der Waals surface area contributed by atoms with Crippen LogP contribution in [0, 0.1) is 11.8 Å². The van der Waals surface area contributed by atoms with Crippen LogP contribution in [0.5, 0.6) is 0 Å². The molecule has 1 aliphatic carbocycles. The third kappa shape index (κ3) is 2.81. The zero-order valence-electron chi connectivity index (χ0n) is 9.69. The molecule has 0 spiro atoms. The predicted octanol–water partition coefficient (Wildman–Crippen LogP) is 1.73. The van der Waals surface area contributed by atoms with Gasteiger partial charge >= 0.3 is 0 Å². The van der Waals surface area contributed by atoms with Gasteiger partial charge in [0.1, 0.15) is 0 Å². The Hall–Kier alpha value is -0.830. The summed E-state index contributed by atoms with van der Waals surface area (Å²) in [6.07, 6.45) is 8.95. The molecular weight excluding hydrogens is 186 g/mol. The fourth-order valence-electron chi connectivity index (χ4n) is 2.17. The molecule has 84 valence electrons. The third-order valence-corrected chi connectivity index (χ3v) is 3.57. The van der Waals surface area contributed by atoms with Crippen LogP contribution in [0.2, 0.25) is 0 Å². The Morgan fingerprint density at radius 2 is 2.33 bits per heavy atom. The van der Waals surface area contributed by atoms with Crippen LogP contribution in [-0.4, -0.2) is 15.8 Å². The molecule has 2 atom stereocenters. The summed E-state index contributed by atoms with van der Waals surface area (Å²) in [6, 6.07) is 0.359. The molecule has 1 saturated carbocycles. The Bertz CT molecular complexity index is 314. The number of rotatable bonds is 5. The second-order valence-corrected chi connectivity index (χ2v) is 4.92. The van der Waals surface area contributed by atoms with Crippen molar-refractivity contribution in [2.75, 3.05) is 0 Å². The lowest BCUT2D eigenvalue weighted by Crippen LogP contribution is -2.29. The molecule has 1 aliphatic rings. The molecule has 0 aromatic carbocycles. The van der Waals surface area contributed by atoms with E-state index >= 15 is 0 Å². The van der Waals surface area contributed by atoms with E-state index in [0.29, 0.717) is 12.0 Å². The first kappa shape index (κ1) is 10.7. The number of aromatic nitrogens is 2. The standard InChI is InChI=1S/C12H21N3/c1-9(11-4-5-11)12(13)6-3-10-7-14-15(2)8-10/h7-9,11-12H,3-6,13H2,1-2H3. The van der Waals surface area contributed by atoms with E-state index in [0.717, 1.165) is 18.8 Å². The van der Waals surface area contributed by atoms with Gasteiger partial charge in [0.15, 0.2) is 0 Å². The first-order valence-corrected chi connectivity index (χ1v) is 5.90. The van der Waals surface area contributed by atoms with Crippen molar-refractivity contribution in [3.05, 3.63) is 18.0 Å². The number of nitrogens with two attached hydrogens (primary N) is 1. The van der Waals surface area contributed by atoms with Gasteiger partial charge < -0.3 is 5.73 Å². The summed E-state index contributed by atoms with van der Waals surface area (Å²) in [5, 5.41) is 4.16. The number of aryl methyl sites for hydroxylation is 2. The van der Waals surface area contributed by atoms with Crippen molar-refractivity contribution in [1.29, 1.82) is 0 Å². The van der Waals surface area contributed by atoms with Crippen LogP contribution < -0.4 is 5.73 Å². The molecule has 2 rings (SSSR count). The summed E-state index contributed by atoms with van der Waals surface area (Å²) in [6.45, 7) is 2.30. The van der Waals surface area contributed by atoms with Crippen LogP contribution in [0.25, 0.3) is 0 Å². The van der Waals surface area contributed by atoms with Gasteiger partial charge in [0, 0.05) is 19.3 Å². The molecule has 0 aliphatic heterocycles. The van der Waals surface area contributed by atoms with Crippen LogP contribution in [0.1, 0.15) is 31.7 Å². The van der Waals surface area contributed by atoms with Gasteiger partial charge in [-0.15, -0.1) is 0 Å². The smallest absolute Gasteiger partial charge is 0.0521 e. The van der Waals surface area contributed by atoms with Gasteiger partial charge in [-0.2, -0.15) is 5.10 Å². The van der Waals surface area contributed by atoms with Crippen LogP contribution in [0.3, 0.4) is 0 Å². The van der Waals surface area contributed by atoms with Gasteiger partial charge in [-0.3, -0.25) is 4.68 Å². The molecule has 3 heteroatoms. The fraction of sp³-hybridized carbons (Fsp3) is 0.750. The summed E-state index contributed by atoms with van der Waals surface area (Å²) in [7, 11) is 1.95. The van der Waals surface area contributed by atoms with Gasteiger partial charge in [-0.25, -0.2) is 0 Å². The molecule has 3 nitrogen and oxygen atoms in total. The Balaban J connectivity index is 1.77. The fourth-order valence-corrected chi connectivity index (χ4v) is 2.17. The van der Waals surface area contributed by atoms with E-state index in [2.05, 4.69) is 18.2 Å². The topological polar surface area (TPSA) is 43.8 Å². The van der Waals surface area contributed by atoms with Crippen molar-refractivity contribution < 1.29 is 0 Å². The first-order chi connectivity index (χ1) is 7.16. The SMILES string of the molecule is CC(C(N)CCc1cnn(C)c1)C1CC1. The van der Waals surface area contributed by atoms with Crippen molar-refractivity contribution in [2.45, 2.75) is 38.6 Å². The largest absolute Gasteiger partial charge is 0.327 e. The Kier molecular flexibility index (Phi) is 3.10. The van der Waals surface area contributed by atoms with E-state index in [9.17, 15) is 0 Å². The van der Waals surface area contributed by atoms with E-state index in [1.54, 1.807) is 0 Å². The van der Waals surface area contributed by atoms with E-state index in [-0.39, 0.29) is 0 Å². The van der Waals surface area contributed by atoms with Crippen molar-refractivity contribution in [2.24, 2.45) is 24.6 Å². The molecule has 0 radical (unpaired) electrons. The quantitative estimate of drug-likeness (QED) is 0.799. The monoisotopic (exact) mass is 207 g/mol. The van der Waals surface area contributed by atoms with Crippen LogP contribution in [0.15, 0.2) is 12.4 Å². The number of hydrogen-bond donors (Lipinski definition) is 1. The van der Waals surface area contributed by atoms with Gasteiger partial charge in [-0.05, 0) is 43.1 Å². The highest BCUT2D eigenvalue weighted by molar-refractivity contribution is 5.04. The highest BCUT2D eigenvalue weighted by atomic mass is 15.2. The molecule has 1 aromatic heterocycles. The molecule has 15 heavy (non-hydrogen) atoms. The van der Waals surface area contributed by atoms with E-state index in [4.69, 9.17) is 5.73 Å². The van der Waals surface area contributed by atoms with E-state index in [1.807, 2.05) is 17.9 Å². The maximum absolute atomic E-state index is 6.19. The minimum absolute atomic E-state index is 0.359. The summed E-state index contributed by atoms with van der Waals surface area (Å²) in [5.41, 5.74) is 7.49. The maximum Gasteiger partial charge on any atom is 0.0521 e. The van der Waals surface area contributed by atoms with Crippen LogP contribution in [-0.2, 0) is 13.5 Å². The molecule has 0 bridgehead atoms. The molecule has 0 saturated heterocycles. The summed E-state index contributed by atoms with van der Waals surface area (Å²) in [5.74, 6) is 1.61. The average Bonchev–Trinajstić information content (AvgIpc) is 2.98. The molecule has 2 unspecified atom stereocenters. The van der Waals surface area contributed by atoms with Crippen molar-refractivity contribution in [1.82, 2.24) is 9.78 Å². The summed E-state index contributed by atoms with van der Waals surface area (Å²) < 4.78 is 1.85. The lowest BCUT2D eigenvalue weighted by Gasteiger charge is -2.18. The Labute approximate surface area is 91.7 Å². The zero-order valence-corrected chi connectivity index (χ0v) is 9.69. The minimum atomic E-state index is 0.359. The molecular formula is C12H21N3. The van der Waals surface area contributed by atoms with Crippen LogP contribution in [0.4, 0.5) is 0 Å². The molecule has 1 heterocycles. The normalized spacial score (nSPS) is 20.2.